The number of aromatic nitrogens is 1. The van der Waals surface area contributed by atoms with Crippen LogP contribution in [0.25, 0.3) is 0 Å². The van der Waals surface area contributed by atoms with Gasteiger partial charge >= 0.3 is 0 Å². The molecule has 0 spiro atoms. The van der Waals surface area contributed by atoms with Gasteiger partial charge in [0.1, 0.15) is 4.60 Å². The molecule has 0 aliphatic heterocycles. The molecule has 0 aliphatic carbocycles. The SMILES string of the molecule is CCCc1cccnc1Br. The van der Waals surface area contributed by atoms with Crippen LogP contribution in [-0.4, -0.2) is 4.98 Å². The van der Waals surface area contributed by atoms with Crippen molar-refractivity contribution in [3.63, 3.8) is 0 Å². The maximum atomic E-state index is 4.11. The molecule has 0 N–H and O–H groups in total. The van der Waals surface area contributed by atoms with Crippen LogP contribution in [0, 0.1) is 0 Å². The van der Waals surface area contributed by atoms with Crippen molar-refractivity contribution in [2.75, 3.05) is 0 Å². The summed E-state index contributed by atoms with van der Waals surface area (Å²) in [4.78, 5) is 4.11. The fraction of sp³-hybridized carbons (Fsp3) is 0.375. The van der Waals surface area contributed by atoms with Gasteiger partial charge in [-0.3, -0.25) is 0 Å². The van der Waals surface area contributed by atoms with Gasteiger partial charge in [-0.25, -0.2) is 4.98 Å². The molecule has 0 aromatic carbocycles. The summed E-state index contributed by atoms with van der Waals surface area (Å²) in [5.41, 5.74) is 1.30. The lowest BCUT2D eigenvalue weighted by atomic mass is 10.2. The van der Waals surface area contributed by atoms with E-state index in [-0.39, 0.29) is 0 Å². The molecule has 10 heavy (non-hydrogen) atoms. The summed E-state index contributed by atoms with van der Waals surface area (Å²) in [5, 5.41) is 0. The molecular weight excluding hydrogens is 190 g/mol. The van der Waals surface area contributed by atoms with E-state index in [2.05, 4.69) is 33.9 Å². The van der Waals surface area contributed by atoms with Crippen molar-refractivity contribution in [1.82, 2.24) is 4.98 Å². The van der Waals surface area contributed by atoms with Crippen LogP contribution in [0.3, 0.4) is 0 Å². The van der Waals surface area contributed by atoms with E-state index < -0.39 is 0 Å². The first-order valence-electron chi connectivity index (χ1n) is 3.44. The summed E-state index contributed by atoms with van der Waals surface area (Å²) >= 11 is 3.39. The van der Waals surface area contributed by atoms with Gasteiger partial charge in [-0.2, -0.15) is 0 Å². The number of hydrogen-bond donors (Lipinski definition) is 0. The number of halogens is 1. The van der Waals surface area contributed by atoms with Crippen LogP contribution >= 0.6 is 15.9 Å². The van der Waals surface area contributed by atoms with Crippen LogP contribution in [-0.2, 0) is 6.42 Å². The minimum absolute atomic E-state index is 0.983. The lowest BCUT2D eigenvalue weighted by Gasteiger charge is -1.98. The Kier molecular flexibility index (Phi) is 2.87. The van der Waals surface area contributed by atoms with Crippen molar-refractivity contribution in [2.45, 2.75) is 19.8 Å². The summed E-state index contributed by atoms with van der Waals surface area (Å²) in [6, 6.07) is 4.07. The minimum atomic E-state index is 0.983. The molecule has 1 aromatic rings. The average molecular weight is 200 g/mol. The summed E-state index contributed by atoms with van der Waals surface area (Å²) in [6.45, 7) is 2.17. The van der Waals surface area contributed by atoms with Crippen LogP contribution < -0.4 is 0 Å². The normalized spacial score (nSPS) is 9.80. The van der Waals surface area contributed by atoms with Gasteiger partial charge in [-0.1, -0.05) is 19.4 Å². The van der Waals surface area contributed by atoms with Gasteiger partial charge < -0.3 is 0 Å². The van der Waals surface area contributed by atoms with E-state index in [0.29, 0.717) is 0 Å². The predicted octanol–water partition coefficient (Wildman–Crippen LogP) is 2.80. The van der Waals surface area contributed by atoms with Crippen molar-refractivity contribution >= 4 is 15.9 Å². The highest BCUT2D eigenvalue weighted by Gasteiger charge is 1.95. The summed E-state index contributed by atoms with van der Waals surface area (Å²) in [7, 11) is 0. The minimum Gasteiger partial charge on any atom is -0.249 e. The molecule has 1 aromatic heterocycles. The zero-order valence-corrected chi connectivity index (χ0v) is 7.56. The zero-order chi connectivity index (χ0) is 7.40. The average Bonchev–Trinajstić information content (AvgIpc) is 1.94. The van der Waals surface area contributed by atoms with Crippen molar-refractivity contribution in [1.29, 1.82) is 0 Å². The molecule has 1 heterocycles. The Morgan fingerprint density at radius 1 is 1.60 bits per heavy atom. The van der Waals surface area contributed by atoms with Crippen LogP contribution in [0.1, 0.15) is 18.9 Å². The van der Waals surface area contributed by atoms with Gasteiger partial charge in [0.15, 0.2) is 0 Å². The third-order valence-corrected chi connectivity index (χ3v) is 2.07. The smallest absolute Gasteiger partial charge is 0.109 e. The van der Waals surface area contributed by atoms with Gasteiger partial charge in [-0.05, 0) is 34.0 Å². The van der Waals surface area contributed by atoms with Crippen molar-refractivity contribution in [2.24, 2.45) is 0 Å². The highest BCUT2D eigenvalue weighted by molar-refractivity contribution is 9.10. The molecule has 2 heteroatoms. The first-order chi connectivity index (χ1) is 4.84. The van der Waals surface area contributed by atoms with E-state index in [9.17, 15) is 0 Å². The van der Waals surface area contributed by atoms with Gasteiger partial charge in [0.2, 0.25) is 0 Å². The fourth-order valence-corrected chi connectivity index (χ4v) is 1.32. The Morgan fingerprint density at radius 2 is 2.40 bits per heavy atom. The van der Waals surface area contributed by atoms with Crippen LogP contribution in [0.4, 0.5) is 0 Å². The fourth-order valence-electron chi connectivity index (χ4n) is 0.875. The van der Waals surface area contributed by atoms with E-state index in [1.165, 1.54) is 12.0 Å². The van der Waals surface area contributed by atoms with Gasteiger partial charge in [0.05, 0.1) is 0 Å². The van der Waals surface area contributed by atoms with Gasteiger partial charge in [0.25, 0.3) is 0 Å². The van der Waals surface area contributed by atoms with Crippen LogP contribution in [0.2, 0.25) is 0 Å². The third-order valence-electron chi connectivity index (χ3n) is 1.36. The van der Waals surface area contributed by atoms with E-state index in [1.54, 1.807) is 6.20 Å². The number of aryl methyl sites for hydroxylation is 1. The molecule has 1 nitrogen and oxygen atoms in total. The molecule has 0 radical (unpaired) electrons. The molecule has 0 atom stereocenters. The number of rotatable bonds is 2. The number of pyridine rings is 1. The van der Waals surface area contributed by atoms with Crippen molar-refractivity contribution in [3.05, 3.63) is 28.5 Å². The Labute approximate surface area is 69.6 Å². The first-order valence-corrected chi connectivity index (χ1v) is 4.23. The third kappa shape index (κ3) is 1.81. The predicted molar refractivity (Wildman–Crippen MR) is 45.9 cm³/mol. The second-order valence-corrected chi connectivity index (χ2v) is 2.95. The Bertz CT molecular complexity index is 210. The van der Waals surface area contributed by atoms with E-state index >= 15 is 0 Å². The van der Waals surface area contributed by atoms with Gasteiger partial charge in [0, 0.05) is 6.20 Å². The van der Waals surface area contributed by atoms with E-state index in [1.807, 2.05) is 6.07 Å². The van der Waals surface area contributed by atoms with Crippen molar-refractivity contribution < 1.29 is 0 Å². The van der Waals surface area contributed by atoms with Crippen LogP contribution in [0.15, 0.2) is 22.9 Å². The molecule has 0 fully saturated rings. The first kappa shape index (κ1) is 7.73. The Morgan fingerprint density at radius 3 is 3.00 bits per heavy atom. The maximum Gasteiger partial charge on any atom is 0.109 e. The second kappa shape index (κ2) is 3.71. The van der Waals surface area contributed by atoms with E-state index in [4.69, 9.17) is 0 Å². The van der Waals surface area contributed by atoms with Crippen molar-refractivity contribution in [3.8, 4) is 0 Å². The summed E-state index contributed by atoms with van der Waals surface area (Å²) in [6.07, 6.45) is 4.07. The van der Waals surface area contributed by atoms with Crippen LogP contribution in [0.5, 0.6) is 0 Å². The Balaban J connectivity index is 2.81. The molecule has 54 valence electrons. The lowest BCUT2D eigenvalue weighted by Crippen LogP contribution is -1.86. The molecule has 0 saturated heterocycles. The van der Waals surface area contributed by atoms with E-state index in [0.717, 1.165) is 11.0 Å². The molecule has 1 rings (SSSR count). The quantitative estimate of drug-likeness (QED) is 0.669. The molecule has 0 unspecified atom stereocenters. The molecule has 0 bridgehead atoms. The molecule has 0 amide bonds. The number of nitrogens with zero attached hydrogens (tertiary/aromatic N) is 1. The monoisotopic (exact) mass is 199 g/mol. The molecule has 0 aliphatic rings. The Hall–Kier alpha value is -0.370. The molecule has 0 saturated carbocycles. The second-order valence-electron chi connectivity index (χ2n) is 2.20. The van der Waals surface area contributed by atoms with Gasteiger partial charge in [-0.15, -0.1) is 0 Å². The highest BCUT2D eigenvalue weighted by atomic mass is 79.9. The zero-order valence-electron chi connectivity index (χ0n) is 5.97. The highest BCUT2D eigenvalue weighted by Crippen LogP contribution is 2.13. The lowest BCUT2D eigenvalue weighted by molar-refractivity contribution is 0.906. The standard InChI is InChI=1S/C8H10BrN/c1-2-4-7-5-3-6-10-8(7)9/h3,5-6H,2,4H2,1H3. The maximum absolute atomic E-state index is 4.11. The topological polar surface area (TPSA) is 12.9 Å². The molecular formula is C8H10BrN. The summed E-state index contributed by atoms with van der Waals surface area (Å²) in [5.74, 6) is 0. The summed E-state index contributed by atoms with van der Waals surface area (Å²) < 4.78 is 0.983. The largest absolute Gasteiger partial charge is 0.249 e. The number of hydrogen-bond acceptors (Lipinski definition) is 1.